The molecule has 0 bridgehead atoms. The van der Waals surface area contributed by atoms with Gasteiger partial charge in [0.05, 0.1) is 6.20 Å². The van der Waals surface area contributed by atoms with E-state index in [1.807, 2.05) is 4.90 Å². The molecule has 1 amide bonds. The Hall–Kier alpha value is -1.43. The highest BCUT2D eigenvalue weighted by atomic mass is 16.3. The highest BCUT2D eigenvalue weighted by molar-refractivity contribution is 5.76. The first-order valence-electron chi connectivity index (χ1n) is 6.95. The maximum atomic E-state index is 12.2. The summed E-state index contributed by atoms with van der Waals surface area (Å²) >= 11 is 0. The minimum absolute atomic E-state index is 0.176. The maximum Gasteiger partial charge on any atom is 0.222 e. The molecular formula is C13H22N4O2. The SMILES string of the molecule is CC1CCC(CO)CN1C(=O)CCCn1ccnn1. The van der Waals surface area contributed by atoms with Gasteiger partial charge in [-0.3, -0.25) is 9.48 Å². The van der Waals surface area contributed by atoms with Crippen molar-refractivity contribution >= 4 is 5.91 Å². The lowest BCUT2D eigenvalue weighted by atomic mass is 9.94. The van der Waals surface area contributed by atoms with Gasteiger partial charge in [0.2, 0.25) is 5.91 Å². The summed E-state index contributed by atoms with van der Waals surface area (Å²) in [4.78, 5) is 14.1. The summed E-state index contributed by atoms with van der Waals surface area (Å²) < 4.78 is 1.74. The maximum absolute atomic E-state index is 12.2. The number of hydrogen-bond acceptors (Lipinski definition) is 4. The first kappa shape index (κ1) is 14.0. The second-order valence-electron chi connectivity index (χ2n) is 5.29. The fourth-order valence-electron chi connectivity index (χ4n) is 2.57. The van der Waals surface area contributed by atoms with Crippen LogP contribution in [0.2, 0.25) is 0 Å². The molecule has 1 aliphatic heterocycles. The lowest BCUT2D eigenvalue weighted by Gasteiger charge is -2.37. The minimum Gasteiger partial charge on any atom is -0.396 e. The van der Waals surface area contributed by atoms with Crippen LogP contribution in [0.25, 0.3) is 0 Å². The summed E-state index contributed by atoms with van der Waals surface area (Å²) in [6, 6.07) is 0.293. The number of piperidine rings is 1. The van der Waals surface area contributed by atoms with E-state index in [0.29, 0.717) is 19.0 Å². The number of carbonyl (C=O) groups is 1. The van der Waals surface area contributed by atoms with E-state index in [4.69, 9.17) is 0 Å². The Balaban J connectivity index is 1.78. The first-order chi connectivity index (χ1) is 9.20. The van der Waals surface area contributed by atoms with E-state index in [1.165, 1.54) is 0 Å². The van der Waals surface area contributed by atoms with E-state index in [2.05, 4.69) is 17.2 Å². The molecule has 0 radical (unpaired) electrons. The van der Waals surface area contributed by atoms with Crippen LogP contribution in [0.3, 0.4) is 0 Å². The van der Waals surface area contributed by atoms with Gasteiger partial charge in [-0.1, -0.05) is 5.21 Å². The normalized spacial score (nSPS) is 23.6. The van der Waals surface area contributed by atoms with E-state index in [0.717, 1.165) is 25.8 Å². The van der Waals surface area contributed by atoms with E-state index < -0.39 is 0 Å². The molecular weight excluding hydrogens is 244 g/mol. The second-order valence-corrected chi connectivity index (χ2v) is 5.29. The molecule has 0 aliphatic carbocycles. The number of nitrogens with zero attached hydrogens (tertiary/aromatic N) is 4. The average molecular weight is 266 g/mol. The second kappa shape index (κ2) is 6.65. The molecule has 1 saturated heterocycles. The number of carbonyl (C=O) groups excluding carboxylic acids is 1. The van der Waals surface area contributed by atoms with Crippen molar-refractivity contribution in [1.82, 2.24) is 19.9 Å². The van der Waals surface area contributed by atoms with Crippen LogP contribution in [-0.4, -0.2) is 50.1 Å². The van der Waals surface area contributed by atoms with E-state index in [-0.39, 0.29) is 18.4 Å². The number of aromatic nitrogens is 3. The van der Waals surface area contributed by atoms with Crippen molar-refractivity contribution in [3.05, 3.63) is 12.4 Å². The zero-order chi connectivity index (χ0) is 13.7. The molecule has 1 aliphatic rings. The molecule has 2 heterocycles. The van der Waals surface area contributed by atoms with Crippen LogP contribution in [0.15, 0.2) is 12.4 Å². The van der Waals surface area contributed by atoms with Crippen molar-refractivity contribution in [3.8, 4) is 0 Å². The van der Waals surface area contributed by atoms with Gasteiger partial charge in [0.1, 0.15) is 0 Å². The molecule has 2 rings (SSSR count). The summed E-state index contributed by atoms with van der Waals surface area (Å²) in [5.41, 5.74) is 0. The predicted octanol–water partition coefficient (Wildman–Crippen LogP) is 0.678. The van der Waals surface area contributed by atoms with Crippen molar-refractivity contribution < 1.29 is 9.90 Å². The topological polar surface area (TPSA) is 71.2 Å². The molecule has 0 spiro atoms. The summed E-state index contributed by atoms with van der Waals surface area (Å²) in [5.74, 6) is 0.432. The van der Waals surface area contributed by atoms with Crippen LogP contribution in [-0.2, 0) is 11.3 Å². The molecule has 0 aromatic carbocycles. The molecule has 19 heavy (non-hydrogen) atoms. The van der Waals surface area contributed by atoms with Crippen molar-refractivity contribution in [3.63, 3.8) is 0 Å². The van der Waals surface area contributed by atoms with Crippen LogP contribution >= 0.6 is 0 Å². The zero-order valence-electron chi connectivity index (χ0n) is 11.4. The summed E-state index contributed by atoms with van der Waals surface area (Å²) in [6.07, 6.45) is 6.74. The Labute approximate surface area is 113 Å². The number of rotatable bonds is 5. The fraction of sp³-hybridized carbons (Fsp3) is 0.769. The van der Waals surface area contributed by atoms with Gasteiger partial charge in [0.25, 0.3) is 0 Å². The van der Waals surface area contributed by atoms with E-state index in [9.17, 15) is 9.90 Å². The number of likely N-dealkylation sites (tertiary alicyclic amines) is 1. The predicted molar refractivity (Wildman–Crippen MR) is 70.2 cm³/mol. The molecule has 1 N–H and O–H groups in total. The van der Waals surface area contributed by atoms with Gasteiger partial charge in [-0.25, -0.2) is 0 Å². The Kier molecular flexibility index (Phi) is 4.90. The molecule has 2 unspecified atom stereocenters. The van der Waals surface area contributed by atoms with Gasteiger partial charge in [-0.15, -0.1) is 5.10 Å². The monoisotopic (exact) mass is 266 g/mol. The summed E-state index contributed by atoms with van der Waals surface area (Å²) in [6.45, 7) is 3.68. The Morgan fingerprint density at radius 3 is 3.00 bits per heavy atom. The highest BCUT2D eigenvalue weighted by Crippen LogP contribution is 2.22. The van der Waals surface area contributed by atoms with Crippen molar-refractivity contribution in [1.29, 1.82) is 0 Å². The molecule has 1 aromatic heterocycles. The summed E-state index contributed by atoms with van der Waals surface area (Å²) in [5, 5.41) is 16.8. The average Bonchev–Trinajstić information content (AvgIpc) is 2.92. The van der Waals surface area contributed by atoms with Gasteiger partial charge >= 0.3 is 0 Å². The third-order valence-corrected chi connectivity index (χ3v) is 3.81. The van der Waals surface area contributed by atoms with Crippen LogP contribution in [0.4, 0.5) is 0 Å². The highest BCUT2D eigenvalue weighted by Gasteiger charge is 2.27. The van der Waals surface area contributed by atoms with Crippen molar-refractivity contribution in [2.24, 2.45) is 5.92 Å². The van der Waals surface area contributed by atoms with Gasteiger partial charge in [-0.2, -0.15) is 0 Å². The number of aliphatic hydroxyl groups is 1. The smallest absolute Gasteiger partial charge is 0.222 e. The van der Waals surface area contributed by atoms with Gasteiger partial charge in [0, 0.05) is 38.4 Å². The molecule has 1 aromatic rings. The molecule has 0 saturated carbocycles. The largest absolute Gasteiger partial charge is 0.396 e. The molecule has 6 nitrogen and oxygen atoms in total. The lowest BCUT2D eigenvalue weighted by Crippen LogP contribution is -2.46. The third-order valence-electron chi connectivity index (χ3n) is 3.81. The fourth-order valence-corrected chi connectivity index (χ4v) is 2.57. The molecule has 106 valence electrons. The standard InChI is InChI=1S/C13H22N4O2/c1-11-4-5-12(10-18)9-17(11)13(19)3-2-7-16-8-6-14-15-16/h6,8,11-12,18H,2-5,7,9-10H2,1H3. The number of amides is 1. The van der Waals surface area contributed by atoms with Crippen LogP contribution in [0.5, 0.6) is 0 Å². The number of hydrogen-bond donors (Lipinski definition) is 1. The molecule has 2 atom stereocenters. The van der Waals surface area contributed by atoms with Crippen LogP contribution in [0.1, 0.15) is 32.6 Å². The van der Waals surface area contributed by atoms with Crippen LogP contribution in [0, 0.1) is 5.92 Å². The Morgan fingerprint density at radius 1 is 1.47 bits per heavy atom. The Bertz CT molecular complexity index is 393. The Morgan fingerprint density at radius 2 is 2.32 bits per heavy atom. The third kappa shape index (κ3) is 3.76. The summed E-state index contributed by atoms with van der Waals surface area (Å²) in [7, 11) is 0. The van der Waals surface area contributed by atoms with E-state index in [1.54, 1.807) is 17.1 Å². The first-order valence-corrected chi connectivity index (χ1v) is 6.95. The van der Waals surface area contributed by atoms with E-state index >= 15 is 0 Å². The van der Waals surface area contributed by atoms with Gasteiger partial charge in [-0.05, 0) is 32.1 Å². The number of aryl methyl sites for hydroxylation is 1. The van der Waals surface area contributed by atoms with Crippen molar-refractivity contribution in [2.45, 2.75) is 45.2 Å². The quantitative estimate of drug-likeness (QED) is 0.850. The van der Waals surface area contributed by atoms with Crippen LogP contribution < -0.4 is 0 Å². The zero-order valence-corrected chi connectivity index (χ0v) is 11.4. The van der Waals surface area contributed by atoms with Gasteiger partial charge < -0.3 is 10.0 Å². The van der Waals surface area contributed by atoms with Crippen molar-refractivity contribution in [2.75, 3.05) is 13.2 Å². The lowest BCUT2D eigenvalue weighted by molar-refractivity contribution is -0.136. The molecule has 6 heteroatoms. The van der Waals surface area contributed by atoms with Gasteiger partial charge in [0.15, 0.2) is 0 Å². The minimum atomic E-state index is 0.176. The molecule has 1 fully saturated rings. The number of aliphatic hydroxyl groups excluding tert-OH is 1.